The van der Waals surface area contributed by atoms with Crippen molar-refractivity contribution in [3.63, 3.8) is 0 Å². The second-order valence-electron chi connectivity index (χ2n) is 5.19. The van der Waals surface area contributed by atoms with E-state index < -0.39 is 0 Å². The molecule has 1 N–H and O–H groups in total. The average molecular weight is 280 g/mol. The summed E-state index contributed by atoms with van der Waals surface area (Å²) < 4.78 is 5.80. The van der Waals surface area contributed by atoms with E-state index in [4.69, 9.17) is 4.74 Å². The lowest BCUT2D eigenvalue weighted by Crippen LogP contribution is -1.97. The molecule has 0 aliphatic carbocycles. The summed E-state index contributed by atoms with van der Waals surface area (Å²) in [6, 6.07) is 16.2. The third kappa shape index (κ3) is 3.24. The van der Waals surface area contributed by atoms with Crippen LogP contribution in [0.5, 0.6) is 5.75 Å². The Morgan fingerprint density at radius 2 is 1.95 bits per heavy atom. The molecule has 3 aromatic rings. The van der Waals surface area contributed by atoms with Crippen molar-refractivity contribution in [3.8, 4) is 17.1 Å². The van der Waals surface area contributed by atoms with Crippen molar-refractivity contribution in [3.05, 3.63) is 48.5 Å². The molecule has 1 heterocycles. The Labute approximate surface area is 125 Å². The molecule has 0 aliphatic rings. The molecular formula is C18H20N2O. The minimum atomic E-state index is 0.775. The predicted molar refractivity (Wildman–Crippen MR) is 86.5 cm³/mol. The second kappa shape index (κ2) is 6.44. The van der Waals surface area contributed by atoms with Gasteiger partial charge in [0.25, 0.3) is 0 Å². The highest BCUT2D eigenvalue weighted by atomic mass is 16.5. The van der Waals surface area contributed by atoms with Crippen LogP contribution in [0, 0.1) is 0 Å². The normalized spacial score (nSPS) is 10.9. The average Bonchev–Trinajstić information content (AvgIpc) is 2.96. The van der Waals surface area contributed by atoms with E-state index in [0.29, 0.717) is 0 Å². The number of unbranched alkanes of at least 4 members (excludes halogenated alkanes) is 2. The number of hydrogen-bond acceptors (Lipinski definition) is 2. The van der Waals surface area contributed by atoms with Crippen molar-refractivity contribution in [2.45, 2.75) is 26.2 Å². The number of nitrogens with zero attached hydrogens (tertiary/aromatic N) is 1. The van der Waals surface area contributed by atoms with Gasteiger partial charge < -0.3 is 9.72 Å². The summed E-state index contributed by atoms with van der Waals surface area (Å²) in [5.41, 5.74) is 3.10. The van der Waals surface area contributed by atoms with Gasteiger partial charge in [-0.25, -0.2) is 4.98 Å². The summed E-state index contributed by atoms with van der Waals surface area (Å²) in [5, 5.41) is 0. The molecule has 0 saturated heterocycles. The van der Waals surface area contributed by atoms with Gasteiger partial charge in [-0.15, -0.1) is 0 Å². The predicted octanol–water partition coefficient (Wildman–Crippen LogP) is 4.80. The highest BCUT2D eigenvalue weighted by Crippen LogP contribution is 2.24. The Bertz CT molecular complexity index is 685. The van der Waals surface area contributed by atoms with Gasteiger partial charge in [-0.2, -0.15) is 0 Å². The molecular weight excluding hydrogens is 260 g/mol. The number of rotatable bonds is 6. The number of hydrogen-bond donors (Lipinski definition) is 1. The maximum absolute atomic E-state index is 5.80. The van der Waals surface area contributed by atoms with Crippen molar-refractivity contribution < 1.29 is 4.74 Å². The second-order valence-corrected chi connectivity index (χ2v) is 5.19. The Balaban J connectivity index is 1.78. The molecule has 0 radical (unpaired) electrons. The van der Waals surface area contributed by atoms with E-state index >= 15 is 0 Å². The standard InChI is InChI=1S/C18H20N2O/c1-2-3-6-12-21-15-9-7-8-14(13-15)18-19-16-10-4-5-11-17(16)20-18/h4-5,7-11,13H,2-3,6,12H2,1H3,(H,19,20). The highest BCUT2D eigenvalue weighted by Gasteiger charge is 2.05. The topological polar surface area (TPSA) is 37.9 Å². The summed E-state index contributed by atoms with van der Waals surface area (Å²) in [7, 11) is 0. The smallest absolute Gasteiger partial charge is 0.138 e. The zero-order valence-corrected chi connectivity index (χ0v) is 12.3. The van der Waals surface area contributed by atoms with E-state index in [9.17, 15) is 0 Å². The van der Waals surface area contributed by atoms with E-state index in [1.807, 2.05) is 42.5 Å². The molecule has 0 aliphatic heterocycles. The molecule has 21 heavy (non-hydrogen) atoms. The van der Waals surface area contributed by atoms with Crippen molar-refractivity contribution in [1.29, 1.82) is 0 Å². The molecule has 0 amide bonds. The number of aromatic amines is 1. The van der Waals surface area contributed by atoms with Crippen LogP contribution >= 0.6 is 0 Å². The fourth-order valence-electron chi connectivity index (χ4n) is 2.36. The van der Waals surface area contributed by atoms with Gasteiger partial charge in [0.2, 0.25) is 0 Å². The van der Waals surface area contributed by atoms with Gasteiger partial charge in [0.15, 0.2) is 0 Å². The van der Waals surface area contributed by atoms with E-state index in [1.54, 1.807) is 0 Å². The number of ether oxygens (including phenoxy) is 1. The lowest BCUT2D eigenvalue weighted by atomic mass is 10.2. The molecule has 3 heteroatoms. The van der Waals surface area contributed by atoms with E-state index in [0.717, 1.165) is 41.2 Å². The number of benzene rings is 2. The van der Waals surface area contributed by atoms with Gasteiger partial charge in [-0.3, -0.25) is 0 Å². The fourth-order valence-corrected chi connectivity index (χ4v) is 2.36. The number of nitrogens with one attached hydrogen (secondary N) is 1. The molecule has 3 nitrogen and oxygen atoms in total. The Kier molecular flexibility index (Phi) is 4.20. The van der Waals surface area contributed by atoms with E-state index in [1.165, 1.54) is 12.8 Å². The van der Waals surface area contributed by atoms with Gasteiger partial charge in [0.1, 0.15) is 11.6 Å². The molecule has 0 fully saturated rings. The van der Waals surface area contributed by atoms with Gasteiger partial charge in [0.05, 0.1) is 17.6 Å². The summed E-state index contributed by atoms with van der Waals surface area (Å²) in [6.45, 7) is 2.97. The first kappa shape index (κ1) is 13.7. The minimum absolute atomic E-state index is 0.775. The molecule has 0 spiro atoms. The van der Waals surface area contributed by atoms with Crippen LogP contribution in [-0.4, -0.2) is 16.6 Å². The fraction of sp³-hybridized carbons (Fsp3) is 0.278. The third-order valence-corrected chi connectivity index (χ3v) is 3.51. The maximum Gasteiger partial charge on any atom is 0.138 e. The first-order valence-corrected chi connectivity index (χ1v) is 7.55. The number of aromatic nitrogens is 2. The van der Waals surface area contributed by atoms with Crippen LogP contribution in [0.4, 0.5) is 0 Å². The van der Waals surface area contributed by atoms with Crippen molar-refractivity contribution in [2.75, 3.05) is 6.61 Å². The van der Waals surface area contributed by atoms with Crippen LogP contribution in [0.25, 0.3) is 22.4 Å². The van der Waals surface area contributed by atoms with Gasteiger partial charge in [0, 0.05) is 5.56 Å². The highest BCUT2D eigenvalue weighted by molar-refractivity contribution is 5.79. The molecule has 0 unspecified atom stereocenters. The maximum atomic E-state index is 5.80. The van der Waals surface area contributed by atoms with E-state index in [2.05, 4.69) is 23.0 Å². The van der Waals surface area contributed by atoms with Crippen LogP contribution in [0.3, 0.4) is 0 Å². The summed E-state index contributed by atoms with van der Waals surface area (Å²) in [5.74, 6) is 1.79. The number of para-hydroxylation sites is 2. The van der Waals surface area contributed by atoms with Crippen LogP contribution in [0.1, 0.15) is 26.2 Å². The summed E-state index contributed by atoms with van der Waals surface area (Å²) in [6.07, 6.45) is 3.52. The summed E-state index contributed by atoms with van der Waals surface area (Å²) >= 11 is 0. The van der Waals surface area contributed by atoms with Gasteiger partial charge in [-0.1, -0.05) is 44.0 Å². The molecule has 1 aromatic heterocycles. The largest absolute Gasteiger partial charge is 0.494 e. The van der Waals surface area contributed by atoms with E-state index in [-0.39, 0.29) is 0 Å². The van der Waals surface area contributed by atoms with Crippen LogP contribution in [0.15, 0.2) is 48.5 Å². The molecule has 108 valence electrons. The first-order chi connectivity index (χ1) is 10.4. The number of H-pyrrole nitrogens is 1. The van der Waals surface area contributed by atoms with Crippen LogP contribution in [-0.2, 0) is 0 Å². The number of fused-ring (bicyclic) bond motifs is 1. The minimum Gasteiger partial charge on any atom is -0.494 e. The van der Waals surface area contributed by atoms with Gasteiger partial charge >= 0.3 is 0 Å². The Hall–Kier alpha value is -2.29. The SMILES string of the molecule is CCCCCOc1cccc(-c2nc3ccccc3[nH]2)c1. The van der Waals surface area contributed by atoms with Gasteiger partial charge in [-0.05, 0) is 30.7 Å². The number of imidazole rings is 1. The van der Waals surface area contributed by atoms with Crippen molar-refractivity contribution in [1.82, 2.24) is 9.97 Å². The lowest BCUT2D eigenvalue weighted by molar-refractivity contribution is 0.306. The first-order valence-electron chi connectivity index (χ1n) is 7.55. The lowest BCUT2D eigenvalue weighted by Gasteiger charge is -2.06. The summed E-state index contributed by atoms with van der Waals surface area (Å²) in [4.78, 5) is 7.97. The van der Waals surface area contributed by atoms with Crippen LogP contribution in [0.2, 0.25) is 0 Å². The molecule has 0 saturated carbocycles. The van der Waals surface area contributed by atoms with Crippen molar-refractivity contribution >= 4 is 11.0 Å². The Morgan fingerprint density at radius 3 is 2.81 bits per heavy atom. The van der Waals surface area contributed by atoms with Crippen molar-refractivity contribution in [2.24, 2.45) is 0 Å². The molecule has 0 bridgehead atoms. The monoisotopic (exact) mass is 280 g/mol. The molecule has 2 aromatic carbocycles. The Morgan fingerprint density at radius 1 is 1.05 bits per heavy atom. The van der Waals surface area contributed by atoms with Crippen LogP contribution < -0.4 is 4.74 Å². The zero-order valence-electron chi connectivity index (χ0n) is 12.3. The third-order valence-electron chi connectivity index (χ3n) is 3.51. The molecule has 3 rings (SSSR count). The molecule has 0 atom stereocenters. The zero-order chi connectivity index (χ0) is 14.5. The quantitative estimate of drug-likeness (QED) is 0.659.